The van der Waals surface area contributed by atoms with Crippen LogP contribution in [-0.2, 0) is 6.42 Å². The van der Waals surface area contributed by atoms with E-state index in [-0.39, 0.29) is 23.6 Å². The Labute approximate surface area is 162 Å². The molecule has 3 aromatic rings. The van der Waals surface area contributed by atoms with Gasteiger partial charge in [0.15, 0.2) is 0 Å². The number of carbonyl (C=O) groups excluding carboxylic acids is 1. The van der Waals surface area contributed by atoms with E-state index in [1.54, 1.807) is 24.3 Å². The summed E-state index contributed by atoms with van der Waals surface area (Å²) in [5.41, 5.74) is 4.54. The molecule has 141 valence electrons. The molecule has 0 fully saturated rings. The highest BCUT2D eigenvalue weighted by Crippen LogP contribution is 2.32. The van der Waals surface area contributed by atoms with Gasteiger partial charge in [-0.05, 0) is 72.4 Å². The summed E-state index contributed by atoms with van der Waals surface area (Å²) in [6.07, 6.45) is 2.55. The molecule has 1 N–H and O–H groups in total. The molecule has 0 spiro atoms. The van der Waals surface area contributed by atoms with E-state index >= 15 is 0 Å². The summed E-state index contributed by atoms with van der Waals surface area (Å²) in [5.74, 6) is -0.484. The number of fused-ring (bicyclic) bond motifs is 1. The first-order chi connectivity index (χ1) is 13.6. The largest absolute Gasteiger partial charge is 0.346 e. The monoisotopic (exact) mass is 377 g/mol. The van der Waals surface area contributed by atoms with Crippen molar-refractivity contribution in [1.82, 2.24) is 5.32 Å². The van der Waals surface area contributed by atoms with Crippen molar-refractivity contribution in [2.24, 2.45) is 0 Å². The molecule has 0 unspecified atom stereocenters. The van der Waals surface area contributed by atoms with Gasteiger partial charge in [-0.1, -0.05) is 30.3 Å². The van der Waals surface area contributed by atoms with Gasteiger partial charge in [-0.3, -0.25) is 0 Å². The lowest BCUT2D eigenvalue weighted by atomic mass is 9.86. The van der Waals surface area contributed by atoms with Crippen LogP contribution in [0.2, 0.25) is 0 Å². The Hall–Kier alpha value is -3.21. The predicted molar refractivity (Wildman–Crippen MR) is 105 cm³/mol. The van der Waals surface area contributed by atoms with Crippen molar-refractivity contribution in [3.05, 3.63) is 95.1 Å². The summed E-state index contributed by atoms with van der Waals surface area (Å²) in [5, 5.41) is 6.63. The summed E-state index contributed by atoms with van der Waals surface area (Å²) in [6.45, 7) is 0. The highest BCUT2D eigenvalue weighted by molar-refractivity contribution is 6.02. The molecule has 1 radical (unpaired) electrons. The molecule has 3 nitrogen and oxygen atoms in total. The molecule has 28 heavy (non-hydrogen) atoms. The lowest BCUT2D eigenvalue weighted by Gasteiger charge is -2.18. The molecule has 0 aliphatic carbocycles. The van der Waals surface area contributed by atoms with Crippen LogP contribution in [-0.4, -0.2) is 6.03 Å². The van der Waals surface area contributed by atoms with Gasteiger partial charge in [0.25, 0.3) is 0 Å². The molecule has 0 atom stereocenters. The van der Waals surface area contributed by atoms with Crippen molar-refractivity contribution in [1.29, 1.82) is 0 Å². The van der Waals surface area contributed by atoms with Crippen molar-refractivity contribution in [2.75, 3.05) is 5.32 Å². The number of amides is 2. The summed E-state index contributed by atoms with van der Waals surface area (Å²) >= 11 is 0. The number of anilines is 1. The van der Waals surface area contributed by atoms with Gasteiger partial charge in [-0.15, -0.1) is 0 Å². The Balaban J connectivity index is 1.48. The zero-order valence-corrected chi connectivity index (χ0v) is 15.2. The fourth-order valence-electron chi connectivity index (χ4n) is 3.61. The number of hydrogen-bond acceptors (Lipinski definition) is 1. The third kappa shape index (κ3) is 4.03. The second-order valence-corrected chi connectivity index (χ2v) is 6.94. The van der Waals surface area contributed by atoms with Gasteiger partial charge in [0, 0.05) is 5.92 Å². The minimum absolute atomic E-state index is 0.0589. The molecule has 0 saturated carbocycles. The number of hydrogen-bond donors (Lipinski definition) is 1. The van der Waals surface area contributed by atoms with Crippen LogP contribution in [0, 0.1) is 11.6 Å². The first-order valence-electron chi connectivity index (χ1n) is 9.25. The van der Waals surface area contributed by atoms with Gasteiger partial charge in [-0.2, -0.15) is 5.32 Å². The summed E-state index contributed by atoms with van der Waals surface area (Å²) in [7, 11) is 0. The topological polar surface area (TPSA) is 43.2 Å². The van der Waals surface area contributed by atoms with E-state index in [4.69, 9.17) is 0 Å². The van der Waals surface area contributed by atoms with E-state index in [1.807, 2.05) is 18.2 Å². The second kappa shape index (κ2) is 7.80. The molecule has 2 amide bonds. The maximum absolute atomic E-state index is 13.3. The van der Waals surface area contributed by atoms with E-state index in [9.17, 15) is 13.6 Å². The predicted octanol–water partition coefficient (Wildman–Crippen LogP) is 5.90. The van der Waals surface area contributed by atoms with Gasteiger partial charge in [0.05, 0.1) is 11.4 Å². The molecule has 0 aromatic heterocycles. The fourth-order valence-corrected chi connectivity index (χ4v) is 3.61. The molecule has 5 heteroatoms. The van der Waals surface area contributed by atoms with Crippen LogP contribution in [0.15, 0.2) is 66.7 Å². The molecule has 1 heterocycles. The summed E-state index contributed by atoms with van der Waals surface area (Å²) in [6, 6.07) is 18.4. The van der Waals surface area contributed by atoms with Crippen molar-refractivity contribution in [3.8, 4) is 0 Å². The maximum Gasteiger partial charge on any atom is 0.346 e. The lowest BCUT2D eigenvalue weighted by molar-refractivity contribution is 0.256. The molecule has 0 saturated heterocycles. The highest BCUT2D eigenvalue weighted by atomic mass is 19.1. The molecule has 3 aromatic carbocycles. The second-order valence-electron chi connectivity index (χ2n) is 6.94. The SMILES string of the molecule is O=C1[N]c2cc(CCCC(c3ccc(F)cc3)c3ccc(F)cc3)ccc2N1. The minimum atomic E-state index is -0.333. The van der Waals surface area contributed by atoms with Crippen LogP contribution < -0.4 is 10.6 Å². The number of rotatable bonds is 6. The van der Waals surface area contributed by atoms with E-state index in [1.165, 1.54) is 24.3 Å². The van der Waals surface area contributed by atoms with Crippen molar-refractivity contribution in [2.45, 2.75) is 25.2 Å². The van der Waals surface area contributed by atoms with Gasteiger partial charge in [-0.25, -0.2) is 13.6 Å². The standard InChI is InChI=1S/C23H19F2N2O/c24-18-9-5-16(6-10-18)20(17-7-11-19(25)12-8-17)3-1-2-15-4-13-21-22(14-15)27-23(28)26-21/h4-14,20H,1-3H2,(H,26,28). The van der Waals surface area contributed by atoms with Crippen LogP contribution in [0.3, 0.4) is 0 Å². The average Bonchev–Trinajstić information content (AvgIpc) is 3.06. The summed E-state index contributed by atoms with van der Waals surface area (Å²) < 4.78 is 26.7. The number of carbonyl (C=O) groups is 1. The smallest absolute Gasteiger partial charge is 0.304 e. The quantitative estimate of drug-likeness (QED) is 0.571. The third-order valence-corrected chi connectivity index (χ3v) is 5.03. The first kappa shape index (κ1) is 18.2. The zero-order valence-electron chi connectivity index (χ0n) is 15.2. The molecule has 0 bridgehead atoms. The molecular weight excluding hydrogens is 358 g/mol. The van der Waals surface area contributed by atoms with E-state index in [0.717, 1.165) is 41.6 Å². The van der Waals surface area contributed by atoms with Crippen LogP contribution >= 0.6 is 0 Å². The number of nitrogens with one attached hydrogen (secondary N) is 1. The van der Waals surface area contributed by atoms with Crippen LogP contribution in [0.4, 0.5) is 25.0 Å². The number of urea groups is 1. The zero-order chi connectivity index (χ0) is 19.5. The van der Waals surface area contributed by atoms with Crippen LogP contribution in [0.25, 0.3) is 0 Å². The molecule has 1 aliphatic rings. The van der Waals surface area contributed by atoms with Gasteiger partial charge < -0.3 is 5.32 Å². The van der Waals surface area contributed by atoms with Crippen molar-refractivity contribution < 1.29 is 13.6 Å². The fraction of sp³-hybridized carbons (Fsp3) is 0.174. The first-order valence-corrected chi connectivity index (χ1v) is 9.25. The van der Waals surface area contributed by atoms with Gasteiger partial charge in [0.1, 0.15) is 11.6 Å². The van der Waals surface area contributed by atoms with Crippen molar-refractivity contribution in [3.63, 3.8) is 0 Å². The number of aryl methyl sites for hydroxylation is 1. The third-order valence-electron chi connectivity index (χ3n) is 5.03. The van der Waals surface area contributed by atoms with Crippen molar-refractivity contribution >= 4 is 17.4 Å². The number of nitrogens with zero attached hydrogens (tertiary/aromatic N) is 1. The van der Waals surface area contributed by atoms with E-state index in [2.05, 4.69) is 10.6 Å². The van der Waals surface area contributed by atoms with Crippen LogP contribution in [0.1, 0.15) is 35.4 Å². The number of benzene rings is 3. The maximum atomic E-state index is 13.3. The molecule has 4 rings (SSSR count). The normalized spacial score (nSPS) is 12.6. The molecular formula is C23H19F2N2O. The average molecular weight is 377 g/mol. The Bertz CT molecular complexity index is 939. The minimum Gasteiger partial charge on any atom is -0.304 e. The van der Waals surface area contributed by atoms with E-state index in [0.29, 0.717) is 5.69 Å². The highest BCUT2D eigenvalue weighted by Gasteiger charge is 2.19. The Morgan fingerprint density at radius 3 is 2.07 bits per heavy atom. The lowest BCUT2D eigenvalue weighted by Crippen LogP contribution is -2.08. The van der Waals surface area contributed by atoms with Gasteiger partial charge in [0.2, 0.25) is 0 Å². The Morgan fingerprint density at radius 1 is 0.857 bits per heavy atom. The van der Waals surface area contributed by atoms with Crippen LogP contribution in [0.5, 0.6) is 0 Å². The number of halogens is 2. The van der Waals surface area contributed by atoms with E-state index < -0.39 is 0 Å². The summed E-state index contributed by atoms with van der Waals surface area (Å²) in [4.78, 5) is 11.3. The Morgan fingerprint density at radius 2 is 1.46 bits per heavy atom. The molecule has 1 aliphatic heterocycles. The van der Waals surface area contributed by atoms with Gasteiger partial charge >= 0.3 is 6.03 Å². The Kier molecular flexibility index (Phi) is 5.06.